The maximum Gasteiger partial charge on any atom is 0.256 e. The van der Waals surface area contributed by atoms with Crippen molar-refractivity contribution in [3.8, 4) is 5.69 Å². The number of pyridine rings is 1. The highest BCUT2D eigenvalue weighted by molar-refractivity contribution is 5.99. The van der Waals surface area contributed by atoms with Gasteiger partial charge in [0, 0.05) is 55.9 Å². The Morgan fingerprint density at radius 1 is 1.07 bits per heavy atom. The van der Waals surface area contributed by atoms with E-state index < -0.39 is 5.82 Å². The number of amides is 2. The molecule has 0 bridgehead atoms. The summed E-state index contributed by atoms with van der Waals surface area (Å²) < 4.78 is 16.6. The van der Waals surface area contributed by atoms with Crippen LogP contribution in [0.2, 0.25) is 0 Å². The maximum absolute atomic E-state index is 14.6. The molecule has 3 fully saturated rings. The number of carbonyl (C=O) groups is 2. The molecule has 1 aromatic carbocycles. The molecule has 0 saturated carbocycles. The first-order chi connectivity index (χ1) is 19.8. The molecule has 0 unspecified atom stereocenters. The zero-order chi connectivity index (χ0) is 28.7. The minimum absolute atomic E-state index is 0.108. The fraction of sp³-hybridized carbons (Fsp3) is 0.545. The number of halogens is 1. The summed E-state index contributed by atoms with van der Waals surface area (Å²) in [5, 5.41) is 4.18. The summed E-state index contributed by atoms with van der Waals surface area (Å²) in [6.45, 7) is 10.2. The Balaban J connectivity index is 1.28. The van der Waals surface area contributed by atoms with Gasteiger partial charge in [-0.1, -0.05) is 0 Å². The highest BCUT2D eigenvalue weighted by Gasteiger charge is 2.34. The van der Waals surface area contributed by atoms with Crippen LogP contribution in [0, 0.1) is 24.6 Å². The first-order valence-electron chi connectivity index (χ1n) is 15.3. The molecule has 4 atom stereocenters. The van der Waals surface area contributed by atoms with Gasteiger partial charge in [-0.05, 0) is 107 Å². The number of likely N-dealkylation sites (tertiary alicyclic amines) is 2. The van der Waals surface area contributed by atoms with Gasteiger partial charge in [0.05, 0.1) is 23.0 Å². The average Bonchev–Trinajstić information content (AvgIpc) is 3.60. The van der Waals surface area contributed by atoms with Gasteiger partial charge in [-0.3, -0.25) is 14.6 Å². The van der Waals surface area contributed by atoms with Crippen LogP contribution >= 0.6 is 0 Å². The largest absolute Gasteiger partial charge is 0.356 e. The van der Waals surface area contributed by atoms with E-state index in [4.69, 9.17) is 0 Å². The first kappa shape index (κ1) is 27.9. The second-order valence-electron chi connectivity index (χ2n) is 12.7. The number of hydrogen-bond donors (Lipinski definition) is 1. The van der Waals surface area contributed by atoms with Crippen molar-refractivity contribution < 1.29 is 14.0 Å². The lowest BCUT2D eigenvalue weighted by atomic mass is 9.97. The molecule has 3 saturated heterocycles. The molecule has 218 valence electrons. The fourth-order valence-electron chi connectivity index (χ4n) is 7.51. The molecule has 5 heterocycles. The average molecular weight is 560 g/mol. The van der Waals surface area contributed by atoms with Crippen LogP contribution in [0.4, 0.5) is 4.39 Å². The monoisotopic (exact) mass is 559 g/mol. The SMILES string of the molecule is Cc1cncc2c1c(C[C@@H]1CCN(C[C@H]3CCNC(=O)CC3)C1)cn2-c1ccc(F)cc1C(=O)N1[C@H](C)CC[C@H]1C. The lowest BCUT2D eigenvalue weighted by Gasteiger charge is -2.27. The lowest BCUT2D eigenvalue weighted by molar-refractivity contribution is -0.120. The Morgan fingerprint density at radius 3 is 2.68 bits per heavy atom. The Hall–Kier alpha value is -3.26. The normalized spacial score (nSPS) is 25.6. The van der Waals surface area contributed by atoms with Gasteiger partial charge in [0.1, 0.15) is 5.82 Å². The molecule has 0 radical (unpaired) electrons. The van der Waals surface area contributed by atoms with Crippen LogP contribution in [0.1, 0.15) is 73.9 Å². The van der Waals surface area contributed by atoms with Gasteiger partial charge in [0.2, 0.25) is 5.91 Å². The molecule has 0 aliphatic carbocycles. The van der Waals surface area contributed by atoms with Crippen molar-refractivity contribution in [1.82, 2.24) is 24.7 Å². The quantitative estimate of drug-likeness (QED) is 0.447. The molecule has 7 nitrogen and oxygen atoms in total. The summed E-state index contributed by atoms with van der Waals surface area (Å²) in [6.07, 6.45) is 12.6. The molecular formula is C33H42FN5O2. The third-order valence-corrected chi connectivity index (χ3v) is 9.67. The van der Waals surface area contributed by atoms with Gasteiger partial charge >= 0.3 is 0 Å². The Bertz CT molecular complexity index is 1440. The van der Waals surface area contributed by atoms with Crippen LogP contribution in [0.3, 0.4) is 0 Å². The van der Waals surface area contributed by atoms with E-state index in [1.165, 1.54) is 23.1 Å². The number of nitrogens with zero attached hydrogens (tertiary/aromatic N) is 4. The summed E-state index contributed by atoms with van der Waals surface area (Å²) in [5.74, 6) is 0.778. The van der Waals surface area contributed by atoms with Crippen LogP contribution in [-0.2, 0) is 11.2 Å². The molecule has 3 aliphatic rings. The van der Waals surface area contributed by atoms with Gasteiger partial charge in [0.15, 0.2) is 0 Å². The maximum atomic E-state index is 14.6. The molecule has 3 aliphatic heterocycles. The Morgan fingerprint density at radius 2 is 1.88 bits per heavy atom. The van der Waals surface area contributed by atoms with Gasteiger partial charge in [-0.2, -0.15) is 0 Å². The van der Waals surface area contributed by atoms with Gasteiger partial charge in [0.25, 0.3) is 5.91 Å². The minimum Gasteiger partial charge on any atom is -0.356 e. The highest BCUT2D eigenvalue weighted by Crippen LogP contribution is 2.34. The van der Waals surface area contributed by atoms with E-state index in [2.05, 4.69) is 46.7 Å². The molecule has 1 N–H and O–H groups in total. The fourth-order valence-corrected chi connectivity index (χ4v) is 7.51. The summed E-state index contributed by atoms with van der Waals surface area (Å²) >= 11 is 0. The van der Waals surface area contributed by atoms with Crippen molar-refractivity contribution in [2.75, 3.05) is 26.2 Å². The van der Waals surface area contributed by atoms with Crippen molar-refractivity contribution in [1.29, 1.82) is 0 Å². The van der Waals surface area contributed by atoms with Crippen molar-refractivity contribution in [3.05, 3.63) is 59.3 Å². The smallest absolute Gasteiger partial charge is 0.256 e. The summed E-state index contributed by atoms with van der Waals surface area (Å²) in [7, 11) is 0. The number of carbonyl (C=O) groups excluding carboxylic acids is 2. The highest BCUT2D eigenvalue weighted by atomic mass is 19.1. The zero-order valence-corrected chi connectivity index (χ0v) is 24.5. The molecule has 8 heteroatoms. The number of fused-ring (bicyclic) bond motifs is 1. The Labute approximate surface area is 242 Å². The van der Waals surface area contributed by atoms with Crippen LogP contribution in [0.15, 0.2) is 36.8 Å². The molecule has 0 spiro atoms. The number of benzene rings is 1. The molecule has 3 aromatic rings. The molecule has 2 aromatic heterocycles. The third-order valence-electron chi connectivity index (χ3n) is 9.67. The molecular weight excluding hydrogens is 517 g/mol. The molecule has 41 heavy (non-hydrogen) atoms. The Kier molecular flexibility index (Phi) is 7.86. The number of hydrogen-bond acceptors (Lipinski definition) is 4. The topological polar surface area (TPSA) is 70.5 Å². The van der Waals surface area contributed by atoms with Crippen molar-refractivity contribution in [3.63, 3.8) is 0 Å². The van der Waals surface area contributed by atoms with E-state index in [0.717, 1.165) is 75.8 Å². The van der Waals surface area contributed by atoms with Crippen LogP contribution < -0.4 is 5.32 Å². The standard InChI is InChI=1S/C33H42FN5O2/c1-21-16-35-17-30-32(21)26(14-25-11-13-37(19-25)18-24-6-9-31(40)36-12-10-24)20-38(30)29-8-7-27(34)15-28(29)33(41)39-22(2)4-5-23(39)3/h7-8,15-17,20,22-25H,4-6,9-14,18-19H2,1-3H3,(H,36,40)/t22-,23-,24-,25+/m1/s1. The van der Waals surface area contributed by atoms with Gasteiger partial charge in [-0.25, -0.2) is 4.39 Å². The van der Waals surface area contributed by atoms with Crippen LogP contribution in [0.25, 0.3) is 16.6 Å². The first-order valence-corrected chi connectivity index (χ1v) is 15.3. The van der Waals surface area contributed by atoms with E-state index in [9.17, 15) is 14.0 Å². The second-order valence-corrected chi connectivity index (χ2v) is 12.7. The number of nitrogens with one attached hydrogen (secondary N) is 1. The van der Waals surface area contributed by atoms with Crippen LogP contribution in [-0.4, -0.2) is 69.4 Å². The van der Waals surface area contributed by atoms with E-state index in [-0.39, 0.29) is 23.9 Å². The predicted molar refractivity (Wildman–Crippen MR) is 159 cm³/mol. The van der Waals surface area contributed by atoms with Gasteiger partial charge in [-0.15, -0.1) is 0 Å². The van der Waals surface area contributed by atoms with E-state index in [1.54, 1.807) is 6.07 Å². The van der Waals surface area contributed by atoms with E-state index in [0.29, 0.717) is 29.5 Å². The van der Waals surface area contributed by atoms with E-state index >= 15 is 0 Å². The predicted octanol–water partition coefficient (Wildman–Crippen LogP) is 5.27. The summed E-state index contributed by atoms with van der Waals surface area (Å²) in [5.41, 5.74) is 4.42. The molecule has 6 rings (SSSR count). The number of aromatic nitrogens is 2. The van der Waals surface area contributed by atoms with Gasteiger partial charge < -0.3 is 19.7 Å². The summed E-state index contributed by atoms with van der Waals surface area (Å²) in [6, 6.07) is 4.85. The van der Waals surface area contributed by atoms with E-state index in [1.807, 2.05) is 17.3 Å². The zero-order valence-electron chi connectivity index (χ0n) is 24.5. The number of aryl methyl sites for hydroxylation is 1. The van der Waals surface area contributed by atoms with Crippen molar-refractivity contribution in [2.24, 2.45) is 11.8 Å². The summed E-state index contributed by atoms with van der Waals surface area (Å²) in [4.78, 5) is 34.6. The third kappa shape index (κ3) is 5.63. The van der Waals surface area contributed by atoms with Crippen LogP contribution in [0.5, 0.6) is 0 Å². The molecule has 2 amide bonds. The van der Waals surface area contributed by atoms with Crippen molar-refractivity contribution >= 4 is 22.7 Å². The van der Waals surface area contributed by atoms with Crippen molar-refractivity contribution in [2.45, 2.75) is 77.8 Å². The lowest BCUT2D eigenvalue weighted by Crippen LogP contribution is -2.39. The number of rotatable bonds is 6. The second kappa shape index (κ2) is 11.6. The minimum atomic E-state index is -0.401.